The van der Waals surface area contributed by atoms with Gasteiger partial charge in [-0.15, -0.1) is 10.2 Å². The van der Waals surface area contributed by atoms with Crippen LogP contribution in [0, 0.1) is 0 Å². The number of aliphatic hydroxyl groups excluding tert-OH is 1. The molecule has 0 fully saturated rings. The summed E-state index contributed by atoms with van der Waals surface area (Å²) in [5.74, 6) is 0.778. The third-order valence-corrected chi connectivity index (χ3v) is 6.03. The van der Waals surface area contributed by atoms with Gasteiger partial charge in [-0.2, -0.15) is 18.3 Å². The lowest BCUT2D eigenvalue weighted by Gasteiger charge is -2.17. The van der Waals surface area contributed by atoms with Crippen molar-refractivity contribution < 1.29 is 18.3 Å². The first kappa shape index (κ1) is 24.8. The van der Waals surface area contributed by atoms with Crippen LogP contribution in [0.2, 0.25) is 0 Å². The number of aliphatic hydroxyl groups is 1. The Balaban J connectivity index is 1.82. The normalized spacial score (nSPS) is 14.9. The molecule has 0 spiro atoms. The van der Waals surface area contributed by atoms with E-state index in [4.69, 9.17) is 0 Å². The fourth-order valence-electron chi connectivity index (χ4n) is 4.24. The summed E-state index contributed by atoms with van der Waals surface area (Å²) in [5.41, 5.74) is 1.68. The first-order chi connectivity index (χ1) is 16.6. The number of benzene rings is 1. The summed E-state index contributed by atoms with van der Waals surface area (Å²) in [6, 6.07) is 8.08. The maximum atomic E-state index is 13.8. The molecule has 0 aliphatic rings. The van der Waals surface area contributed by atoms with Crippen molar-refractivity contribution in [1.29, 1.82) is 0 Å². The third kappa shape index (κ3) is 5.06. The number of nitrogens with zero attached hydrogens (tertiary/aromatic N) is 5. The molecule has 0 aliphatic carbocycles. The second-order valence-corrected chi connectivity index (χ2v) is 8.75. The number of aromatic amines is 1. The average Bonchev–Trinajstić information content (AvgIpc) is 3.43. The van der Waals surface area contributed by atoms with E-state index in [9.17, 15) is 18.3 Å². The highest BCUT2D eigenvalue weighted by Gasteiger charge is 2.35. The molecule has 3 atom stereocenters. The van der Waals surface area contributed by atoms with E-state index >= 15 is 0 Å². The average molecular weight is 488 g/mol. The molecule has 0 bridgehead atoms. The molecule has 186 valence electrons. The van der Waals surface area contributed by atoms with Gasteiger partial charge in [0.1, 0.15) is 23.5 Å². The van der Waals surface area contributed by atoms with Gasteiger partial charge in [0.2, 0.25) is 0 Å². The summed E-state index contributed by atoms with van der Waals surface area (Å²) >= 11 is 0. The van der Waals surface area contributed by atoms with Gasteiger partial charge in [0.25, 0.3) is 0 Å². The Kier molecular flexibility index (Phi) is 6.91. The van der Waals surface area contributed by atoms with Crippen LogP contribution >= 0.6 is 0 Å². The monoisotopic (exact) mass is 487 g/mol. The van der Waals surface area contributed by atoms with Crippen LogP contribution in [0.3, 0.4) is 0 Å². The van der Waals surface area contributed by atoms with Crippen LogP contribution < -0.4 is 5.32 Å². The molecule has 4 rings (SSSR count). The predicted molar refractivity (Wildman–Crippen MR) is 126 cm³/mol. The molecular weight excluding hydrogens is 459 g/mol. The van der Waals surface area contributed by atoms with E-state index in [0.717, 1.165) is 23.9 Å². The smallest absolute Gasteiger partial charge is 0.392 e. The Morgan fingerprint density at radius 1 is 1.20 bits per heavy atom. The summed E-state index contributed by atoms with van der Waals surface area (Å²) in [7, 11) is 1.88. The van der Waals surface area contributed by atoms with Gasteiger partial charge in [-0.25, -0.2) is 4.98 Å². The van der Waals surface area contributed by atoms with Crippen molar-refractivity contribution in [3.8, 4) is 11.3 Å². The van der Waals surface area contributed by atoms with Crippen molar-refractivity contribution >= 4 is 10.9 Å². The molecule has 11 heteroatoms. The van der Waals surface area contributed by atoms with Crippen molar-refractivity contribution in [2.45, 2.75) is 51.4 Å². The zero-order valence-corrected chi connectivity index (χ0v) is 19.9. The van der Waals surface area contributed by atoms with E-state index in [1.165, 1.54) is 0 Å². The molecule has 0 saturated carbocycles. The van der Waals surface area contributed by atoms with Crippen molar-refractivity contribution in [2.75, 3.05) is 6.54 Å². The van der Waals surface area contributed by atoms with Crippen LogP contribution in [0.15, 0.2) is 36.7 Å². The van der Waals surface area contributed by atoms with E-state index in [-0.39, 0.29) is 18.2 Å². The van der Waals surface area contributed by atoms with E-state index in [2.05, 4.69) is 30.7 Å². The van der Waals surface area contributed by atoms with E-state index in [1.807, 2.05) is 42.8 Å². The molecule has 0 aliphatic heterocycles. The molecule has 1 aromatic carbocycles. The van der Waals surface area contributed by atoms with Gasteiger partial charge < -0.3 is 15.0 Å². The van der Waals surface area contributed by atoms with Crippen LogP contribution in [-0.2, 0) is 13.2 Å². The van der Waals surface area contributed by atoms with Crippen molar-refractivity contribution in [3.05, 3.63) is 59.4 Å². The lowest BCUT2D eigenvalue weighted by Crippen LogP contribution is -2.28. The summed E-state index contributed by atoms with van der Waals surface area (Å²) in [6.07, 6.45) is -2.86. The molecule has 3 N–H and O–H groups in total. The number of H-pyrrole nitrogens is 1. The third-order valence-electron chi connectivity index (χ3n) is 6.03. The highest BCUT2D eigenvalue weighted by molar-refractivity contribution is 5.94. The van der Waals surface area contributed by atoms with E-state index < -0.39 is 24.0 Å². The van der Waals surface area contributed by atoms with Crippen molar-refractivity contribution in [1.82, 2.24) is 35.3 Å². The SMILES string of the molecule is CC[C@H](c1cccc(-c2n[nH]c3c([C@H](C)NC[C@H](C)O)nc(C(F)(F)F)cc23)c1)c1nncn1C. The molecule has 0 saturated heterocycles. The minimum absolute atomic E-state index is 0.0275. The molecule has 0 unspecified atom stereocenters. The Hall–Kier alpha value is -3.31. The number of hydrogen-bond donors (Lipinski definition) is 3. The number of aryl methyl sites for hydroxylation is 1. The van der Waals surface area contributed by atoms with Gasteiger partial charge in [0.15, 0.2) is 0 Å². The van der Waals surface area contributed by atoms with Gasteiger partial charge >= 0.3 is 6.18 Å². The summed E-state index contributed by atoms with van der Waals surface area (Å²) in [6.45, 7) is 5.56. The maximum Gasteiger partial charge on any atom is 0.433 e. The van der Waals surface area contributed by atoms with E-state index in [0.29, 0.717) is 22.2 Å². The van der Waals surface area contributed by atoms with Crippen molar-refractivity contribution in [3.63, 3.8) is 0 Å². The van der Waals surface area contributed by atoms with Crippen LogP contribution in [0.5, 0.6) is 0 Å². The first-order valence-corrected chi connectivity index (χ1v) is 11.4. The Bertz CT molecular complexity index is 1310. The molecular formula is C24H28F3N7O. The number of hydrogen-bond acceptors (Lipinski definition) is 6. The van der Waals surface area contributed by atoms with Gasteiger partial charge in [0.05, 0.1) is 17.3 Å². The van der Waals surface area contributed by atoms with E-state index in [1.54, 1.807) is 20.2 Å². The van der Waals surface area contributed by atoms with Crippen LogP contribution in [0.4, 0.5) is 13.2 Å². The summed E-state index contributed by atoms with van der Waals surface area (Å²) < 4.78 is 43.1. The number of pyridine rings is 1. The lowest BCUT2D eigenvalue weighted by molar-refractivity contribution is -0.141. The molecule has 0 amide bonds. The molecule has 35 heavy (non-hydrogen) atoms. The van der Waals surface area contributed by atoms with Crippen LogP contribution in [0.1, 0.15) is 61.9 Å². The lowest BCUT2D eigenvalue weighted by atomic mass is 9.93. The Labute approximate surface area is 200 Å². The summed E-state index contributed by atoms with van der Waals surface area (Å²) in [5, 5.41) is 28.4. The Morgan fingerprint density at radius 3 is 2.60 bits per heavy atom. The number of rotatable bonds is 8. The zero-order chi connectivity index (χ0) is 25.3. The minimum atomic E-state index is -4.62. The zero-order valence-electron chi connectivity index (χ0n) is 19.9. The number of fused-ring (bicyclic) bond motifs is 1. The number of aromatic nitrogens is 6. The second-order valence-electron chi connectivity index (χ2n) is 8.75. The van der Waals surface area contributed by atoms with Crippen molar-refractivity contribution in [2.24, 2.45) is 7.05 Å². The summed E-state index contributed by atoms with van der Waals surface area (Å²) in [4.78, 5) is 3.90. The topological polar surface area (TPSA) is 105 Å². The fraction of sp³-hybridized carbons (Fsp3) is 0.417. The second kappa shape index (κ2) is 9.74. The van der Waals surface area contributed by atoms with Crippen LogP contribution in [-0.4, -0.2) is 47.7 Å². The molecule has 8 nitrogen and oxygen atoms in total. The Morgan fingerprint density at radius 2 is 1.97 bits per heavy atom. The number of alkyl halides is 3. The molecule has 4 aromatic rings. The predicted octanol–water partition coefficient (Wildman–Crippen LogP) is 4.35. The number of nitrogens with one attached hydrogen (secondary N) is 2. The largest absolute Gasteiger partial charge is 0.433 e. The van der Waals surface area contributed by atoms with Gasteiger partial charge in [-0.1, -0.05) is 25.1 Å². The van der Waals surface area contributed by atoms with Gasteiger partial charge in [0, 0.05) is 36.5 Å². The molecule has 0 radical (unpaired) electrons. The highest BCUT2D eigenvalue weighted by Crippen LogP contribution is 2.37. The van der Waals surface area contributed by atoms with Gasteiger partial charge in [-0.3, -0.25) is 5.10 Å². The quantitative estimate of drug-likeness (QED) is 0.341. The standard InChI is InChI=1S/C24H28F3N7O/c1-5-17(23-33-29-12-34(23)4)15-7-6-8-16(9-15)21-18-10-19(24(25,26)27)30-20(22(18)32-31-21)14(3)28-11-13(2)35/h6-10,12-14,17,28,35H,5,11H2,1-4H3,(H,31,32)/t13-,14-,17+/m0/s1. The van der Waals surface area contributed by atoms with Gasteiger partial charge in [-0.05, 0) is 38.0 Å². The highest BCUT2D eigenvalue weighted by atomic mass is 19.4. The van der Waals surface area contributed by atoms with Crippen LogP contribution in [0.25, 0.3) is 22.2 Å². The minimum Gasteiger partial charge on any atom is -0.392 e. The maximum absolute atomic E-state index is 13.8. The fourth-order valence-corrected chi connectivity index (χ4v) is 4.24. The first-order valence-electron chi connectivity index (χ1n) is 11.4. The molecule has 3 heterocycles. The number of halogens is 3. The molecule has 3 aromatic heterocycles.